The molecule has 0 atom stereocenters. The maximum Gasteiger partial charge on any atom is 0.280 e. The van der Waals surface area contributed by atoms with Gasteiger partial charge in [0.25, 0.3) is 10.0 Å². The van der Waals surface area contributed by atoms with Crippen LogP contribution in [0.4, 0.5) is 5.69 Å². The number of nitrogens with one attached hydrogen (secondary N) is 1. The van der Waals surface area contributed by atoms with Crippen molar-refractivity contribution in [2.24, 2.45) is 7.05 Å². The summed E-state index contributed by atoms with van der Waals surface area (Å²) in [7, 11) is -1.86. The number of benzene rings is 1. The van der Waals surface area contributed by atoms with E-state index in [1.54, 1.807) is 30.7 Å². The average molecular weight is 377 g/mol. The summed E-state index contributed by atoms with van der Waals surface area (Å²) < 4.78 is 29.3. The molecule has 2 rings (SSSR count). The SMILES string of the molecule is Cc1nc(S(=O)(=O)Nc2ccc(I)cc2)cn1C. The fourth-order valence-electron chi connectivity index (χ4n) is 1.38. The number of aryl methyl sites for hydroxylation is 2. The van der Waals surface area contributed by atoms with E-state index in [1.807, 2.05) is 12.1 Å². The second kappa shape index (κ2) is 4.88. The number of nitrogens with zero attached hydrogens (tertiary/aromatic N) is 2. The molecule has 0 aliphatic rings. The Morgan fingerprint density at radius 3 is 2.39 bits per heavy atom. The van der Waals surface area contributed by atoms with Crippen molar-refractivity contribution in [3.8, 4) is 0 Å². The van der Waals surface area contributed by atoms with Crippen LogP contribution in [0.15, 0.2) is 35.5 Å². The first-order valence-corrected chi connectivity index (χ1v) is 7.73. The van der Waals surface area contributed by atoms with Crippen molar-refractivity contribution >= 4 is 38.3 Å². The van der Waals surface area contributed by atoms with Crippen molar-refractivity contribution in [3.63, 3.8) is 0 Å². The van der Waals surface area contributed by atoms with Gasteiger partial charge in [-0.1, -0.05) is 0 Å². The van der Waals surface area contributed by atoms with Gasteiger partial charge in [-0.3, -0.25) is 4.72 Å². The van der Waals surface area contributed by atoms with Crippen molar-refractivity contribution in [2.75, 3.05) is 4.72 Å². The molecular weight excluding hydrogens is 365 g/mol. The highest BCUT2D eigenvalue weighted by Gasteiger charge is 2.18. The Labute approximate surface area is 119 Å². The molecule has 5 nitrogen and oxygen atoms in total. The maximum absolute atomic E-state index is 12.1. The standard InChI is InChI=1S/C11H12IN3O2S/c1-8-13-11(7-15(8)2)18(16,17)14-10-5-3-9(12)4-6-10/h3-7,14H,1-2H3. The molecule has 0 saturated heterocycles. The van der Waals surface area contributed by atoms with Gasteiger partial charge in [-0.2, -0.15) is 8.42 Å². The third-order valence-electron chi connectivity index (χ3n) is 2.46. The molecule has 0 aliphatic carbocycles. The van der Waals surface area contributed by atoms with E-state index in [4.69, 9.17) is 0 Å². The van der Waals surface area contributed by atoms with Gasteiger partial charge in [-0.05, 0) is 53.8 Å². The van der Waals surface area contributed by atoms with Crippen LogP contribution in [0.25, 0.3) is 0 Å². The van der Waals surface area contributed by atoms with Gasteiger partial charge in [0.1, 0.15) is 5.82 Å². The van der Waals surface area contributed by atoms with Gasteiger partial charge in [0.15, 0.2) is 5.03 Å². The van der Waals surface area contributed by atoms with E-state index in [2.05, 4.69) is 32.3 Å². The quantitative estimate of drug-likeness (QED) is 0.834. The van der Waals surface area contributed by atoms with Crippen molar-refractivity contribution < 1.29 is 8.42 Å². The van der Waals surface area contributed by atoms with Crippen LogP contribution >= 0.6 is 22.6 Å². The summed E-state index contributed by atoms with van der Waals surface area (Å²) in [5.41, 5.74) is 0.527. The average Bonchev–Trinajstić information content (AvgIpc) is 2.63. The molecule has 0 fully saturated rings. The first kappa shape index (κ1) is 13.3. The molecular formula is C11H12IN3O2S. The number of aromatic nitrogens is 2. The first-order valence-electron chi connectivity index (χ1n) is 5.17. The number of anilines is 1. The van der Waals surface area contributed by atoms with Gasteiger partial charge >= 0.3 is 0 Å². The van der Waals surface area contributed by atoms with E-state index < -0.39 is 10.0 Å². The number of rotatable bonds is 3. The summed E-state index contributed by atoms with van der Waals surface area (Å²) in [6.45, 7) is 1.75. The second-order valence-electron chi connectivity index (χ2n) is 3.85. The summed E-state index contributed by atoms with van der Waals surface area (Å²) in [6, 6.07) is 7.11. The lowest BCUT2D eigenvalue weighted by Gasteiger charge is -2.05. The lowest BCUT2D eigenvalue weighted by atomic mass is 10.3. The van der Waals surface area contributed by atoms with Gasteiger partial charge in [-0.25, -0.2) is 4.98 Å². The first-order chi connectivity index (χ1) is 8.38. The molecule has 0 bridgehead atoms. The third kappa shape index (κ3) is 2.83. The lowest BCUT2D eigenvalue weighted by molar-refractivity contribution is 0.598. The van der Waals surface area contributed by atoms with E-state index in [-0.39, 0.29) is 5.03 Å². The highest BCUT2D eigenvalue weighted by Crippen LogP contribution is 2.16. The largest absolute Gasteiger partial charge is 0.337 e. The summed E-state index contributed by atoms with van der Waals surface area (Å²) in [4.78, 5) is 4.01. The Hall–Kier alpha value is -1.09. The van der Waals surface area contributed by atoms with E-state index >= 15 is 0 Å². The van der Waals surface area contributed by atoms with Crippen molar-refractivity contribution in [2.45, 2.75) is 11.9 Å². The van der Waals surface area contributed by atoms with Crippen LogP contribution in [0.1, 0.15) is 5.82 Å². The predicted molar refractivity (Wildman–Crippen MR) is 77.9 cm³/mol. The molecule has 0 unspecified atom stereocenters. The minimum Gasteiger partial charge on any atom is -0.337 e. The molecule has 1 heterocycles. The molecule has 0 radical (unpaired) electrons. The highest BCUT2D eigenvalue weighted by atomic mass is 127. The van der Waals surface area contributed by atoms with Crippen molar-refractivity contribution in [1.82, 2.24) is 9.55 Å². The minimum absolute atomic E-state index is 0.0288. The molecule has 0 spiro atoms. The maximum atomic E-state index is 12.1. The Bertz CT molecular complexity index is 643. The van der Waals surface area contributed by atoms with E-state index in [9.17, 15) is 8.42 Å². The Kier molecular flexibility index (Phi) is 3.62. The monoisotopic (exact) mass is 377 g/mol. The Morgan fingerprint density at radius 2 is 1.89 bits per heavy atom. The smallest absolute Gasteiger partial charge is 0.280 e. The minimum atomic E-state index is -3.61. The molecule has 2 aromatic rings. The topological polar surface area (TPSA) is 64.0 Å². The zero-order valence-electron chi connectivity index (χ0n) is 9.88. The summed E-state index contributed by atoms with van der Waals surface area (Å²) in [5, 5.41) is 0.0288. The van der Waals surface area contributed by atoms with Crippen LogP contribution in [0.3, 0.4) is 0 Å². The molecule has 0 amide bonds. The van der Waals surface area contributed by atoms with E-state index in [0.29, 0.717) is 11.5 Å². The lowest BCUT2D eigenvalue weighted by Crippen LogP contribution is -2.13. The third-order valence-corrected chi connectivity index (χ3v) is 4.43. The summed E-state index contributed by atoms with van der Waals surface area (Å²) in [6.07, 6.45) is 1.49. The van der Waals surface area contributed by atoms with Crippen molar-refractivity contribution in [1.29, 1.82) is 0 Å². The fourth-order valence-corrected chi connectivity index (χ4v) is 2.84. The van der Waals surface area contributed by atoms with Gasteiger partial charge in [-0.15, -0.1) is 0 Å². The van der Waals surface area contributed by atoms with Crippen LogP contribution < -0.4 is 4.72 Å². The zero-order valence-corrected chi connectivity index (χ0v) is 12.9. The second-order valence-corrected chi connectivity index (χ2v) is 6.72. The molecule has 7 heteroatoms. The number of sulfonamides is 1. The number of hydrogen-bond acceptors (Lipinski definition) is 3. The highest BCUT2D eigenvalue weighted by molar-refractivity contribution is 14.1. The zero-order chi connectivity index (χ0) is 13.3. The fraction of sp³-hybridized carbons (Fsp3) is 0.182. The van der Waals surface area contributed by atoms with Gasteiger partial charge in [0.2, 0.25) is 0 Å². The molecule has 1 N–H and O–H groups in total. The van der Waals surface area contributed by atoms with Gasteiger partial charge < -0.3 is 4.57 Å². The predicted octanol–water partition coefficient (Wildman–Crippen LogP) is 2.13. The van der Waals surface area contributed by atoms with Gasteiger partial charge in [0, 0.05) is 22.5 Å². The molecule has 1 aromatic heterocycles. The Balaban J connectivity index is 2.29. The number of halogens is 1. The molecule has 18 heavy (non-hydrogen) atoms. The molecule has 96 valence electrons. The summed E-state index contributed by atoms with van der Waals surface area (Å²) >= 11 is 2.16. The summed E-state index contributed by atoms with van der Waals surface area (Å²) in [5.74, 6) is 0.651. The van der Waals surface area contributed by atoms with E-state index in [1.165, 1.54) is 6.20 Å². The van der Waals surface area contributed by atoms with E-state index in [0.717, 1.165) is 3.57 Å². The molecule has 0 saturated carbocycles. The number of imidazole rings is 1. The number of hydrogen-bond donors (Lipinski definition) is 1. The Morgan fingerprint density at radius 1 is 1.28 bits per heavy atom. The van der Waals surface area contributed by atoms with Crippen LogP contribution in [0.5, 0.6) is 0 Å². The van der Waals surface area contributed by atoms with Crippen LogP contribution in [-0.2, 0) is 17.1 Å². The van der Waals surface area contributed by atoms with Crippen LogP contribution in [0.2, 0.25) is 0 Å². The molecule has 0 aliphatic heterocycles. The van der Waals surface area contributed by atoms with Gasteiger partial charge in [0.05, 0.1) is 0 Å². The van der Waals surface area contributed by atoms with Crippen molar-refractivity contribution in [3.05, 3.63) is 39.9 Å². The normalized spacial score (nSPS) is 11.5. The van der Waals surface area contributed by atoms with Crippen LogP contribution in [-0.4, -0.2) is 18.0 Å². The molecule has 1 aromatic carbocycles. The van der Waals surface area contributed by atoms with Crippen LogP contribution in [0, 0.1) is 10.5 Å².